The molecule has 398 valence electrons. The Labute approximate surface area is 432 Å². The van der Waals surface area contributed by atoms with E-state index in [1.807, 2.05) is 65.8 Å². The summed E-state index contributed by atoms with van der Waals surface area (Å²) >= 11 is 1.56. The number of hydrogen-bond acceptors (Lipinski definition) is 11. The molecular weight excluding hydrogens is 956 g/mol. The molecule has 19 heteroatoms. The predicted molar refractivity (Wildman–Crippen MR) is 275 cm³/mol. The van der Waals surface area contributed by atoms with Crippen LogP contribution < -0.4 is 26.4 Å². The number of thiazole rings is 1. The maximum atomic E-state index is 16.0. The van der Waals surface area contributed by atoms with Crippen molar-refractivity contribution in [2.75, 3.05) is 26.2 Å². The second kappa shape index (κ2) is 24.9. The minimum absolute atomic E-state index is 0.0120. The molecule has 1 aromatic heterocycles. The normalized spacial score (nSPS) is 21.4. The van der Waals surface area contributed by atoms with Crippen LogP contribution in [0.25, 0.3) is 10.4 Å². The van der Waals surface area contributed by atoms with Crippen LogP contribution in [0.4, 0.5) is 4.39 Å². The molecule has 17 nitrogen and oxygen atoms in total. The Morgan fingerprint density at radius 3 is 2.32 bits per heavy atom. The number of hydrogen-bond donors (Lipinski definition) is 5. The number of ether oxygens (including phenoxy) is 1. The maximum Gasteiger partial charge on any atom is 0.246 e. The average molecular weight is 1030 g/mol. The minimum Gasteiger partial charge on any atom is -0.488 e. The second-order valence-corrected chi connectivity index (χ2v) is 22.2. The first kappa shape index (κ1) is 56.3. The van der Waals surface area contributed by atoms with Gasteiger partial charge >= 0.3 is 0 Å². The van der Waals surface area contributed by atoms with Crippen LogP contribution in [0, 0.1) is 31.0 Å². The Morgan fingerprint density at radius 2 is 1.66 bits per heavy atom. The summed E-state index contributed by atoms with van der Waals surface area (Å²) in [6.07, 6.45) is 2.90. The van der Waals surface area contributed by atoms with Gasteiger partial charge < -0.3 is 46.2 Å². The van der Waals surface area contributed by atoms with E-state index in [2.05, 4.69) is 20.9 Å². The third kappa shape index (κ3) is 14.6. The highest BCUT2D eigenvalue weighted by molar-refractivity contribution is 7.13. The van der Waals surface area contributed by atoms with Crippen molar-refractivity contribution in [1.29, 1.82) is 0 Å². The van der Waals surface area contributed by atoms with E-state index in [1.165, 1.54) is 11.8 Å². The molecule has 3 saturated heterocycles. The van der Waals surface area contributed by atoms with Crippen molar-refractivity contribution in [1.82, 2.24) is 35.6 Å². The Morgan fingerprint density at radius 1 is 0.945 bits per heavy atom. The van der Waals surface area contributed by atoms with Crippen molar-refractivity contribution in [3.63, 3.8) is 0 Å². The van der Waals surface area contributed by atoms with Crippen molar-refractivity contribution < 1.29 is 47.8 Å². The molecular formula is C54H75FN8O9S. The molecule has 0 saturated carbocycles. The number of aliphatic hydroxyl groups is 1. The lowest BCUT2D eigenvalue weighted by atomic mass is 9.85. The van der Waals surface area contributed by atoms with Gasteiger partial charge in [0.25, 0.3) is 0 Å². The van der Waals surface area contributed by atoms with Gasteiger partial charge in [0.2, 0.25) is 41.4 Å². The van der Waals surface area contributed by atoms with E-state index in [0.717, 1.165) is 27.3 Å². The fourth-order valence-corrected chi connectivity index (χ4v) is 11.0. The molecule has 3 aliphatic rings. The molecule has 0 unspecified atom stereocenters. The van der Waals surface area contributed by atoms with Crippen LogP contribution in [0.5, 0.6) is 5.75 Å². The largest absolute Gasteiger partial charge is 0.488 e. The van der Waals surface area contributed by atoms with Gasteiger partial charge in [-0.3, -0.25) is 33.6 Å². The number of fused-ring (bicyclic) bond motifs is 1. The van der Waals surface area contributed by atoms with Crippen molar-refractivity contribution in [2.24, 2.45) is 17.1 Å². The van der Waals surface area contributed by atoms with Gasteiger partial charge in [-0.15, -0.1) is 11.3 Å². The number of β-amino-alcohol motifs (C(OH)–C–C–N with tert-alkyl or cyclic N) is 1. The van der Waals surface area contributed by atoms with E-state index in [9.17, 15) is 38.7 Å². The second-order valence-electron chi connectivity index (χ2n) is 21.3. The van der Waals surface area contributed by atoms with Gasteiger partial charge in [0.15, 0.2) is 11.6 Å². The zero-order chi connectivity index (χ0) is 53.3. The summed E-state index contributed by atoms with van der Waals surface area (Å²) in [7, 11) is 0. The quantitative estimate of drug-likeness (QED) is 0.0903. The Hall–Kier alpha value is -5.95. The number of halogens is 1. The number of carbonyl (C=O) groups is 7. The van der Waals surface area contributed by atoms with E-state index in [4.69, 9.17) is 10.5 Å². The van der Waals surface area contributed by atoms with E-state index in [0.29, 0.717) is 57.1 Å². The maximum absolute atomic E-state index is 16.0. The first-order valence-corrected chi connectivity index (χ1v) is 26.6. The molecule has 3 fully saturated rings. The lowest BCUT2D eigenvalue weighted by Gasteiger charge is -2.37. The standard InChI is InChI=1S/C54H75FN8O9S/c1-31-24-38(47(55)44(25-31)72-29-39(18-21-45(56)66)59-50(68)42-20-19-40-22-23-61(35(5)64)27-32(2)52(70)63(40)42)12-10-9-11-13-46(67)60-49(54(6,7)8)53(71)62-28-41(65)26-43(62)51(69)58-33(3)36-14-16-37(17-15-36)48-34(4)57-30-73-48/h14-17,24-25,30,32-33,39-43,49,65H,9-13,18-23,26-29H2,1-8H3,(H2,56,66)(H,58,69)(H,59,68)(H,60,67)/t32-,33-,39-,40+,41+,42-,43-,49+/m0/s1. The van der Waals surface area contributed by atoms with Crippen LogP contribution in [-0.4, -0.2) is 129 Å². The molecule has 0 spiro atoms. The smallest absolute Gasteiger partial charge is 0.246 e. The van der Waals surface area contributed by atoms with Gasteiger partial charge in [0, 0.05) is 51.9 Å². The van der Waals surface area contributed by atoms with Gasteiger partial charge in [0.1, 0.15) is 24.7 Å². The zero-order valence-electron chi connectivity index (χ0n) is 43.6. The van der Waals surface area contributed by atoms with Gasteiger partial charge in [-0.1, -0.05) is 64.4 Å². The van der Waals surface area contributed by atoms with E-state index < -0.39 is 71.1 Å². The number of unbranched alkanes of at least 4 members (excludes halogenated alkanes) is 2. The van der Waals surface area contributed by atoms with Gasteiger partial charge in [-0.05, 0) is 99.5 Å². The molecule has 6 rings (SSSR count). The number of nitrogens with zero attached hydrogens (tertiary/aromatic N) is 4. The van der Waals surface area contributed by atoms with Gasteiger partial charge in [-0.2, -0.15) is 0 Å². The zero-order valence-corrected chi connectivity index (χ0v) is 44.4. The Kier molecular flexibility index (Phi) is 19.2. The number of benzene rings is 2. The summed E-state index contributed by atoms with van der Waals surface area (Å²) in [4.78, 5) is 103. The van der Waals surface area contributed by atoms with E-state index >= 15 is 4.39 Å². The third-order valence-electron chi connectivity index (χ3n) is 14.3. The monoisotopic (exact) mass is 1030 g/mol. The fraction of sp³-hybridized carbons (Fsp3) is 0.593. The Bertz CT molecular complexity index is 2480. The highest BCUT2D eigenvalue weighted by atomic mass is 32.1. The minimum atomic E-state index is -0.974. The van der Waals surface area contributed by atoms with Crippen LogP contribution in [-0.2, 0) is 40.0 Å². The molecule has 7 amide bonds. The fourth-order valence-electron chi connectivity index (χ4n) is 10.2. The van der Waals surface area contributed by atoms with E-state index in [1.54, 1.807) is 45.7 Å². The molecule has 6 N–H and O–H groups in total. The lowest BCUT2D eigenvalue weighted by Crippen LogP contribution is -2.57. The van der Waals surface area contributed by atoms with Crippen LogP contribution in [0.3, 0.4) is 0 Å². The SMILES string of the molecule is CC(=O)N1CC[C@H]2CC[C@@H](C(=O)N[C@@H](CCC(N)=O)COc3cc(C)cc(CCCCCC(=O)N[C@H](C(=O)N4C[C@H](O)C[C@H]4C(=O)N[C@@H](C)c4ccc(-c5scnc5C)cc4)C(C)(C)C)c3F)N2C(=O)[C@@H](C)C1. The predicted octanol–water partition coefficient (Wildman–Crippen LogP) is 5.42. The van der Waals surface area contributed by atoms with Crippen LogP contribution in [0.2, 0.25) is 0 Å². The average Bonchev–Trinajstić information content (AvgIpc) is 4.08. The summed E-state index contributed by atoms with van der Waals surface area (Å²) < 4.78 is 22.1. The van der Waals surface area contributed by atoms with E-state index in [-0.39, 0.29) is 80.9 Å². The molecule has 73 heavy (non-hydrogen) atoms. The van der Waals surface area contributed by atoms with Crippen LogP contribution in [0.15, 0.2) is 41.9 Å². The van der Waals surface area contributed by atoms with Crippen molar-refractivity contribution in [3.8, 4) is 16.2 Å². The summed E-state index contributed by atoms with van der Waals surface area (Å²) in [6.45, 7) is 14.9. The number of amides is 7. The third-order valence-corrected chi connectivity index (χ3v) is 15.3. The molecule has 2 aromatic carbocycles. The number of aryl methyl sites for hydroxylation is 3. The molecule has 0 radical (unpaired) electrons. The number of carbonyl (C=O) groups excluding carboxylic acids is 7. The lowest BCUT2D eigenvalue weighted by molar-refractivity contribution is -0.146. The molecule has 0 bridgehead atoms. The highest BCUT2D eigenvalue weighted by Gasteiger charge is 2.46. The first-order chi connectivity index (χ1) is 34.5. The van der Waals surface area contributed by atoms with Gasteiger partial charge in [-0.25, -0.2) is 9.37 Å². The number of primary amides is 1. The topological polar surface area (TPSA) is 234 Å². The van der Waals surface area contributed by atoms with Crippen LogP contribution >= 0.6 is 11.3 Å². The summed E-state index contributed by atoms with van der Waals surface area (Å²) in [5.74, 6) is -3.49. The van der Waals surface area contributed by atoms with Gasteiger partial charge in [0.05, 0.1) is 40.2 Å². The molecule has 0 aliphatic carbocycles. The van der Waals surface area contributed by atoms with Crippen molar-refractivity contribution in [3.05, 3.63) is 70.1 Å². The highest BCUT2D eigenvalue weighted by Crippen LogP contribution is 2.33. The molecule has 3 aliphatic heterocycles. The number of likely N-dealkylation sites (tertiary alicyclic amines) is 1. The summed E-state index contributed by atoms with van der Waals surface area (Å²) in [5, 5.41) is 19.6. The van der Waals surface area contributed by atoms with Crippen molar-refractivity contribution in [2.45, 2.75) is 168 Å². The van der Waals surface area contributed by atoms with Crippen LogP contribution in [0.1, 0.15) is 134 Å². The number of aromatic nitrogens is 1. The summed E-state index contributed by atoms with van der Waals surface area (Å²) in [6, 6.07) is 7.25. The molecule has 3 aromatic rings. The molecule has 4 heterocycles. The van der Waals surface area contributed by atoms with Crippen molar-refractivity contribution >= 4 is 52.7 Å². The number of rotatable bonds is 20. The Balaban J connectivity index is 0.992. The summed E-state index contributed by atoms with van der Waals surface area (Å²) in [5.41, 5.74) is 10.6. The first-order valence-electron chi connectivity index (χ1n) is 25.7. The number of nitrogens with two attached hydrogens (primary N) is 1. The number of nitrogens with one attached hydrogen (secondary N) is 3. The number of aliphatic hydroxyl groups excluding tert-OH is 1. The molecule has 8 atom stereocenters.